The lowest BCUT2D eigenvalue weighted by molar-refractivity contribution is -0.146. The molecular formula is C37H70O8. The lowest BCUT2D eigenvalue weighted by Gasteiger charge is -2.14. The van der Waals surface area contributed by atoms with Crippen LogP contribution in [0.3, 0.4) is 0 Å². The van der Waals surface area contributed by atoms with Crippen LogP contribution in [0, 0.1) is 11.8 Å². The predicted molar refractivity (Wildman–Crippen MR) is 182 cm³/mol. The van der Waals surface area contributed by atoms with E-state index in [0.717, 1.165) is 96.3 Å². The highest BCUT2D eigenvalue weighted by Gasteiger charge is 2.10. The van der Waals surface area contributed by atoms with Crippen molar-refractivity contribution in [1.29, 1.82) is 0 Å². The molecule has 0 radical (unpaired) electrons. The maximum atomic E-state index is 11.8. The first-order chi connectivity index (χ1) is 21.7. The Bertz CT molecular complexity index is 709. The van der Waals surface area contributed by atoms with E-state index >= 15 is 0 Å². The molecule has 0 spiro atoms. The Morgan fingerprint density at radius 2 is 0.889 bits per heavy atom. The molecule has 0 fully saturated rings. The van der Waals surface area contributed by atoms with Crippen molar-refractivity contribution >= 4 is 23.9 Å². The summed E-state index contributed by atoms with van der Waals surface area (Å²) in [6, 6.07) is 0. The third-order valence-electron chi connectivity index (χ3n) is 7.84. The minimum Gasteiger partial charge on any atom is -0.466 e. The highest BCUT2D eigenvalue weighted by molar-refractivity contribution is 5.70. The van der Waals surface area contributed by atoms with Crippen LogP contribution >= 0.6 is 0 Å². The van der Waals surface area contributed by atoms with Crippen molar-refractivity contribution < 1.29 is 38.1 Å². The first-order valence-corrected chi connectivity index (χ1v) is 18.4. The second-order valence-electron chi connectivity index (χ2n) is 12.2. The molecule has 0 aromatic carbocycles. The fourth-order valence-electron chi connectivity index (χ4n) is 4.38. The molecular weight excluding hydrogens is 572 g/mol. The molecule has 0 aliphatic carbocycles. The number of unbranched alkanes of at least 4 members (excludes halogenated alkanes) is 10. The quantitative estimate of drug-likeness (QED) is 0.0451. The maximum Gasteiger partial charge on any atom is 0.305 e. The number of esters is 4. The van der Waals surface area contributed by atoms with Gasteiger partial charge in [-0.05, 0) is 57.3 Å². The molecule has 0 bridgehead atoms. The smallest absolute Gasteiger partial charge is 0.305 e. The average molecular weight is 643 g/mol. The van der Waals surface area contributed by atoms with E-state index in [2.05, 4.69) is 34.6 Å². The molecule has 8 nitrogen and oxygen atoms in total. The van der Waals surface area contributed by atoms with Crippen LogP contribution in [0.5, 0.6) is 0 Å². The van der Waals surface area contributed by atoms with E-state index in [4.69, 9.17) is 18.9 Å². The van der Waals surface area contributed by atoms with E-state index < -0.39 is 0 Å². The first-order valence-electron chi connectivity index (χ1n) is 18.4. The second kappa shape index (κ2) is 34.7. The summed E-state index contributed by atoms with van der Waals surface area (Å²) < 4.78 is 20.6. The van der Waals surface area contributed by atoms with Crippen LogP contribution in [-0.2, 0) is 38.1 Å². The van der Waals surface area contributed by atoms with E-state index in [1.165, 1.54) is 12.8 Å². The second-order valence-corrected chi connectivity index (χ2v) is 12.2. The van der Waals surface area contributed by atoms with Gasteiger partial charge in [-0.3, -0.25) is 19.2 Å². The van der Waals surface area contributed by atoms with Gasteiger partial charge in [0.05, 0.1) is 26.4 Å². The maximum absolute atomic E-state index is 11.8. The van der Waals surface area contributed by atoms with Crippen molar-refractivity contribution in [2.75, 3.05) is 26.4 Å². The fraction of sp³-hybridized carbons (Fsp3) is 0.892. The highest BCUT2D eigenvalue weighted by atomic mass is 16.5. The molecule has 0 saturated carbocycles. The van der Waals surface area contributed by atoms with Gasteiger partial charge in [0, 0.05) is 25.7 Å². The number of rotatable bonds is 29. The van der Waals surface area contributed by atoms with Gasteiger partial charge in [-0.25, -0.2) is 0 Å². The van der Waals surface area contributed by atoms with Crippen LogP contribution in [0.4, 0.5) is 0 Å². The SMILES string of the molecule is CCCCC(CC)COC(=O)CCCCCCCC(=O)OCC(C)CC.CCCCOC(=O)CCCCCCCC(=O)OCC. The van der Waals surface area contributed by atoms with Crippen molar-refractivity contribution in [1.82, 2.24) is 0 Å². The summed E-state index contributed by atoms with van der Waals surface area (Å²) in [6.45, 7) is 14.6. The molecule has 0 aromatic heterocycles. The minimum atomic E-state index is -0.109. The zero-order valence-electron chi connectivity index (χ0n) is 30.1. The normalized spacial score (nSPS) is 12.0. The summed E-state index contributed by atoms with van der Waals surface area (Å²) in [6.07, 6.45) is 19.4. The topological polar surface area (TPSA) is 105 Å². The van der Waals surface area contributed by atoms with Crippen LogP contribution in [-0.4, -0.2) is 50.3 Å². The van der Waals surface area contributed by atoms with Gasteiger partial charge >= 0.3 is 23.9 Å². The van der Waals surface area contributed by atoms with E-state index in [-0.39, 0.29) is 23.9 Å². The van der Waals surface area contributed by atoms with Crippen LogP contribution in [0.15, 0.2) is 0 Å². The molecule has 0 aromatic rings. The predicted octanol–water partition coefficient (Wildman–Crippen LogP) is 9.69. The van der Waals surface area contributed by atoms with Crippen molar-refractivity contribution in [2.24, 2.45) is 11.8 Å². The Kier molecular flexibility index (Phi) is 34.8. The van der Waals surface area contributed by atoms with Gasteiger partial charge in [-0.1, -0.05) is 105 Å². The lowest BCUT2D eigenvalue weighted by Crippen LogP contribution is -2.13. The van der Waals surface area contributed by atoms with Crippen LogP contribution in [0.25, 0.3) is 0 Å². The molecule has 0 heterocycles. The molecule has 0 aliphatic heterocycles. The monoisotopic (exact) mass is 643 g/mol. The van der Waals surface area contributed by atoms with Crippen molar-refractivity contribution in [3.63, 3.8) is 0 Å². The standard InChI is InChI=1S/C22H42O4.C15H28O4/c1-5-8-14-20(7-3)18-26-22(24)16-13-11-9-10-12-15-21(23)25-17-19(4)6-2;1-3-5-13-19-15(17)12-10-8-6-7-9-11-14(16)18-4-2/h19-20H,5-18H2,1-4H3;3-13H2,1-2H3. The van der Waals surface area contributed by atoms with E-state index in [9.17, 15) is 19.2 Å². The average Bonchev–Trinajstić information content (AvgIpc) is 3.03. The largest absolute Gasteiger partial charge is 0.466 e. The molecule has 2 atom stereocenters. The zero-order chi connectivity index (χ0) is 34.0. The van der Waals surface area contributed by atoms with Gasteiger partial charge in [0.25, 0.3) is 0 Å². The number of hydrogen-bond donors (Lipinski definition) is 0. The summed E-state index contributed by atoms with van der Waals surface area (Å²) in [5.74, 6) is 0.620. The molecule has 45 heavy (non-hydrogen) atoms. The van der Waals surface area contributed by atoms with Gasteiger partial charge in [0.1, 0.15) is 0 Å². The van der Waals surface area contributed by atoms with Gasteiger partial charge < -0.3 is 18.9 Å². The number of carbonyl (C=O) groups excluding carboxylic acids is 4. The van der Waals surface area contributed by atoms with Crippen LogP contribution < -0.4 is 0 Å². The van der Waals surface area contributed by atoms with Gasteiger partial charge in [0.2, 0.25) is 0 Å². The van der Waals surface area contributed by atoms with Gasteiger partial charge in [-0.2, -0.15) is 0 Å². The van der Waals surface area contributed by atoms with Crippen molar-refractivity contribution in [3.8, 4) is 0 Å². The molecule has 2 unspecified atom stereocenters. The van der Waals surface area contributed by atoms with Crippen molar-refractivity contribution in [3.05, 3.63) is 0 Å². The van der Waals surface area contributed by atoms with Crippen molar-refractivity contribution in [2.45, 2.75) is 176 Å². The summed E-state index contributed by atoms with van der Waals surface area (Å²) in [7, 11) is 0. The number of carbonyl (C=O) groups is 4. The van der Waals surface area contributed by atoms with Crippen LogP contribution in [0.2, 0.25) is 0 Å². The van der Waals surface area contributed by atoms with E-state index in [1.807, 2.05) is 6.92 Å². The Balaban J connectivity index is 0. The summed E-state index contributed by atoms with van der Waals surface area (Å²) in [5, 5.41) is 0. The summed E-state index contributed by atoms with van der Waals surface area (Å²) >= 11 is 0. The van der Waals surface area contributed by atoms with Gasteiger partial charge in [-0.15, -0.1) is 0 Å². The molecule has 266 valence electrons. The van der Waals surface area contributed by atoms with E-state index in [1.54, 1.807) is 0 Å². The van der Waals surface area contributed by atoms with Crippen LogP contribution in [0.1, 0.15) is 176 Å². The molecule has 0 rings (SSSR count). The third kappa shape index (κ3) is 34.6. The Labute approximate surface area is 276 Å². The van der Waals surface area contributed by atoms with E-state index in [0.29, 0.717) is 63.9 Å². The Morgan fingerprint density at radius 1 is 0.467 bits per heavy atom. The first kappa shape index (κ1) is 45.0. The molecule has 0 saturated heterocycles. The number of hydrogen-bond acceptors (Lipinski definition) is 8. The third-order valence-corrected chi connectivity index (χ3v) is 7.84. The molecule has 0 aliphatic rings. The Morgan fingerprint density at radius 3 is 1.31 bits per heavy atom. The van der Waals surface area contributed by atoms with Gasteiger partial charge in [0.15, 0.2) is 0 Å². The summed E-state index contributed by atoms with van der Waals surface area (Å²) in [4.78, 5) is 45.7. The molecule has 0 amide bonds. The minimum absolute atomic E-state index is 0.0615. The number of ether oxygens (including phenoxy) is 4. The Hall–Kier alpha value is -2.12. The highest BCUT2D eigenvalue weighted by Crippen LogP contribution is 2.14. The summed E-state index contributed by atoms with van der Waals surface area (Å²) in [5.41, 5.74) is 0. The lowest BCUT2D eigenvalue weighted by atomic mass is 10.0. The molecule has 8 heteroatoms. The zero-order valence-corrected chi connectivity index (χ0v) is 30.1. The fourth-order valence-corrected chi connectivity index (χ4v) is 4.38. The molecule has 0 N–H and O–H groups in total.